The van der Waals surface area contributed by atoms with Gasteiger partial charge in [0.25, 0.3) is 0 Å². The van der Waals surface area contributed by atoms with Gasteiger partial charge < -0.3 is 0 Å². The van der Waals surface area contributed by atoms with Crippen LogP contribution in [0.2, 0.25) is 0 Å². The zero-order valence-electron chi connectivity index (χ0n) is 13.7. The standard InChI is InChI=1S/C16H29N5/c1-13-17-15(19-18-13)14-8-7-9-20(14)12-16(2,3)21-10-5-4-6-11-21/h14H,4-12H2,1-3H3,(H,17,18,19)/t14-/m0/s1. The first-order valence-corrected chi connectivity index (χ1v) is 8.44. The molecule has 0 bridgehead atoms. The van der Waals surface area contributed by atoms with Gasteiger partial charge in [0, 0.05) is 12.1 Å². The van der Waals surface area contributed by atoms with Crippen molar-refractivity contribution in [1.29, 1.82) is 0 Å². The molecule has 5 nitrogen and oxygen atoms in total. The van der Waals surface area contributed by atoms with Gasteiger partial charge in [-0.3, -0.25) is 14.9 Å². The van der Waals surface area contributed by atoms with Gasteiger partial charge in [-0.25, -0.2) is 4.98 Å². The van der Waals surface area contributed by atoms with Crippen LogP contribution in [-0.4, -0.2) is 56.7 Å². The average molecular weight is 291 g/mol. The molecule has 2 saturated heterocycles. The van der Waals surface area contributed by atoms with Crippen LogP contribution in [0.4, 0.5) is 0 Å². The third-order valence-electron chi connectivity index (χ3n) is 5.08. The van der Waals surface area contributed by atoms with Gasteiger partial charge >= 0.3 is 0 Å². The highest BCUT2D eigenvalue weighted by molar-refractivity contribution is 5.01. The first-order valence-electron chi connectivity index (χ1n) is 8.44. The Bertz CT molecular complexity index is 461. The summed E-state index contributed by atoms with van der Waals surface area (Å²) in [7, 11) is 0. The molecular weight excluding hydrogens is 262 g/mol. The molecule has 1 N–H and O–H groups in total. The quantitative estimate of drug-likeness (QED) is 0.926. The molecule has 1 aromatic heterocycles. The largest absolute Gasteiger partial charge is 0.297 e. The topological polar surface area (TPSA) is 48.1 Å². The first kappa shape index (κ1) is 15.0. The van der Waals surface area contributed by atoms with E-state index in [1.54, 1.807) is 0 Å². The van der Waals surface area contributed by atoms with E-state index in [1.807, 2.05) is 6.92 Å². The molecule has 1 aromatic rings. The Morgan fingerprint density at radius 1 is 1.14 bits per heavy atom. The zero-order valence-corrected chi connectivity index (χ0v) is 13.7. The number of rotatable bonds is 4. The molecule has 5 heteroatoms. The molecule has 2 fully saturated rings. The summed E-state index contributed by atoms with van der Waals surface area (Å²) in [6.45, 7) is 11.6. The fourth-order valence-electron chi connectivity index (χ4n) is 3.91. The molecule has 118 valence electrons. The molecule has 0 radical (unpaired) electrons. The van der Waals surface area contributed by atoms with Crippen molar-refractivity contribution in [3.8, 4) is 0 Å². The minimum absolute atomic E-state index is 0.244. The molecule has 0 amide bonds. The molecule has 3 heterocycles. The van der Waals surface area contributed by atoms with Crippen molar-refractivity contribution in [3.63, 3.8) is 0 Å². The Hall–Kier alpha value is -0.940. The van der Waals surface area contributed by atoms with Crippen LogP contribution in [0.15, 0.2) is 0 Å². The molecule has 3 rings (SSSR count). The molecule has 0 aliphatic carbocycles. The number of piperidine rings is 1. The fourth-order valence-corrected chi connectivity index (χ4v) is 3.91. The number of H-pyrrole nitrogens is 1. The minimum Gasteiger partial charge on any atom is -0.297 e. The van der Waals surface area contributed by atoms with Crippen molar-refractivity contribution in [2.24, 2.45) is 0 Å². The van der Waals surface area contributed by atoms with Crippen molar-refractivity contribution in [3.05, 3.63) is 11.6 Å². The summed E-state index contributed by atoms with van der Waals surface area (Å²) in [5.74, 6) is 1.91. The number of hydrogen-bond donors (Lipinski definition) is 1. The average Bonchev–Trinajstić information content (AvgIpc) is 3.08. The highest BCUT2D eigenvalue weighted by Gasteiger charge is 2.36. The summed E-state index contributed by atoms with van der Waals surface area (Å²) in [6, 6.07) is 0.402. The van der Waals surface area contributed by atoms with E-state index in [0.29, 0.717) is 6.04 Å². The van der Waals surface area contributed by atoms with Gasteiger partial charge in [0.15, 0.2) is 5.82 Å². The summed E-state index contributed by atoms with van der Waals surface area (Å²) >= 11 is 0. The summed E-state index contributed by atoms with van der Waals surface area (Å²) in [6.07, 6.45) is 6.55. The highest BCUT2D eigenvalue weighted by atomic mass is 15.3. The van der Waals surface area contributed by atoms with Gasteiger partial charge in [-0.15, -0.1) is 0 Å². The van der Waals surface area contributed by atoms with E-state index >= 15 is 0 Å². The lowest BCUT2D eigenvalue weighted by atomic mass is 9.97. The fraction of sp³-hybridized carbons (Fsp3) is 0.875. The molecule has 2 aliphatic rings. The van der Waals surface area contributed by atoms with Crippen molar-refractivity contribution in [2.75, 3.05) is 26.2 Å². The Balaban J connectivity index is 1.67. The number of likely N-dealkylation sites (tertiary alicyclic amines) is 2. The smallest absolute Gasteiger partial charge is 0.167 e. The van der Waals surface area contributed by atoms with Crippen LogP contribution < -0.4 is 0 Å². The van der Waals surface area contributed by atoms with E-state index in [4.69, 9.17) is 0 Å². The second kappa shape index (κ2) is 6.05. The number of hydrogen-bond acceptors (Lipinski definition) is 4. The number of nitrogens with zero attached hydrogens (tertiary/aromatic N) is 4. The van der Waals surface area contributed by atoms with E-state index in [9.17, 15) is 0 Å². The van der Waals surface area contributed by atoms with Crippen LogP contribution in [0, 0.1) is 6.92 Å². The number of aryl methyl sites for hydroxylation is 1. The van der Waals surface area contributed by atoms with Gasteiger partial charge in [0.1, 0.15) is 5.82 Å². The summed E-state index contributed by atoms with van der Waals surface area (Å²) < 4.78 is 0. The van der Waals surface area contributed by atoms with Crippen LogP contribution in [0.5, 0.6) is 0 Å². The summed E-state index contributed by atoms with van der Waals surface area (Å²) in [5, 5.41) is 7.39. The third-order valence-corrected chi connectivity index (χ3v) is 5.08. The predicted molar refractivity (Wildman–Crippen MR) is 84.2 cm³/mol. The molecular formula is C16H29N5. The minimum atomic E-state index is 0.244. The molecule has 2 aliphatic heterocycles. The monoisotopic (exact) mass is 291 g/mol. The van der Waals surface area contributed by atoms with Crippen molar-refractivity contribution in [1.82, 2.24) is 25.0 Å². The van der Waals surface area contributed by atoms with Crippen LogP contribution in [0.3, 0.4) is 0 Å². The van der Waals surface area contributed by atoms with Gasteiger partial charge in [-0.1, -0.05) is 6.42 Å². The molecule has 1 atom stereocenters. The number of aromatic nitrogens is 3. The highest BCUT2D eigenvalue weighted by Crippen LogP contribution is 2.32. The van der Waals surface area contributed by atoms with E-state index in [-0.39, 0.29) is 5.54 Å². The van der Waals surface area contributed by atoms with Crippen molar-refractivity contribution >= 4 is 0 Å². The lowest BCUT2D eigenvalue weighted by Gasteiger charge is -2.44. The Kier molecular flexibility index (Phi) is 4.31. The number of nitrogens with one attached hydrogen (secondary N) is 1. The zero-order chi connectivity index (χ0) is 14.9. The molecule has 0 aromatic carbocycles. The maximum Gasteiger partial charge on any atom is 0.167 e. The van der Waals surface area contributed by atoms with Crippen LogP contribution in [0.25, 0.3) is 0 Å². The van der Waals surface area contributed by atoms with Crippen LogP contribution in [-0.2, 0) is 0 Å². The lowest BCUT2D eigenvalue weighted by Crippen LogP contribution is -2.53. The van der Waals surface area contributed by atoms with E-state index in [2.05, 4.69) is 38.8 Å². The predicted octanol–water partition coefficient (Wildman–Crippen LogP) is 2.51. The SMILES string of the molecule is Cc1nc([C@@H]2CCCN2CC(C)(C)N2CCCCC2)n[nH]1. The summed E-state index contributed by atoms with van der Waals surface area (Å²) in [5.41, 5.74) is 0.244. The Morgan fingerprint density at radius 2 is 1.90 bits per heavy atom. The number of aromatic amines is 1. The Morgan fingerprint density at radius 3 is 2.57 bits per heavy atom. The third kappa shape index (κ3) is 3.29. The van der Waals surface area contributed by atoms with Crippen LogP contribution in [0.1, 0.15) is 63.6 Å². The van der Waals surface area contributed by atoms with Crippen LogP contribution >= 0.6 is 0 Å². The second-order valence-electron chi connectivity index (χ2n) is 7.27. The van der Waals surface area contributed by atoms with Gasteiger partial charge in [-0.05, 0) is 66.1 Å². The lowest BCUT2D eigenvalue weighted by molar-refractivity contribution is 0.0522. The maximum absolute atomic E-state index is 4.56. The van der Waals surface area contributed by atoms with E-state index in [0.717, 1.165) is 18.2 Å². The molecule has 0 saturated carbocycles. The normalized spacial score (nSPS) is 25.6. The van der Waals surface area contributed by atoms with E-state index in [1.165, 1.54) is 51.7 Å². The van der Waals surface area contributed by atoms with E-state index < -0.39 is 0 Å². The second-order valence-corrected chi connectivity index (χ2v) is 7.27. The Labute approximate surface area is 128 Å². The summed E-state index contributed by atoms with van der Waals surface area (Å²) in [4.78, 5) is 9.83. The maximum atomic E-state index is 4.56. The van der Waals surface area contributed by atoms with Crippen molar-refractivity contribution in [2.45, 2.75) is 64.5 Å². The van der Waals surface area contributed by atoms with Gasteiger partial charge in [0.05, 0.1) is 6.04 Å². The first-order chi connectivity index (χ1) is 10.1. The van der Waals surface area contributed by atoms with Gasteiger partial charge in [0.2, 0.25) is 0 Å². The van der Waals surface area contributed by atoms with Gasteiger partial charge in [-0.2, -0.15) is 5.10 Å². The molecule has 0 spiro atoms. The van der Waals surface area contributed by atoms with Crippen molar-refractivity contribution < 1.29 is 0 Å². The molecule has 21 heavy (non-hydrogen) atoms. The molecule has 0 unspecified atom stereocenters.